The number of nitrogens with one attached hydrogen (secondary N) is 2. The van der Waals surface area contributed by atoms with Gasteiger partial charge in [0.25, 0.3) is 5.91 Å². The summed E-state index contributed by atoms with van der Waals surface area (Å²) in [5.74, 6) is -0.00219. The van der Waals surface area contributed by atoms with Crippen LogP contribution >= 0.6 is 0 Å². The van der Waals surface area contributed by atoms with Gasteiger partial charge in [-0.05, 0) is 56.6 Å². The van der Waals surface area contributed by atoms with Gasteiger partial charge in [0, 0.05) is 35.2 Å². The Balaban J connectivity index is 1.22. The number of fused-ring (bicyclic) bond motifs is 3. The number of amides is 1. The maximum atomic E-state index is 12.4. The van der Waals surface area contributed by atoms with E-state index in [-0.39, 0.29) is 5.91 Å². The second-order valence-electron chi connectivity index (χ2n) is 8.00. The van der Waals surface area contributed by atoms with Crippen LogP contribution in [-0.4, -0.2) is 47.2 Å². The number of hydrogen-bond donors (Lipinski definition) is 2. The Hall–Kier alpha value is -2.92. The molecule has 2 aliphatic rings. The minimum absolute atomic E-state index is 0.00219. The molecule has 29 heavy (non-hydrogen) atoms. The van der Waals surface area contributed by atoms with Gasteiger partial charge in [0.1, 0.15) is 0 Å². The Morgan fingerprint density at radius 3 is 2.69 bits per heavy atom. The van der Waals surface area contributed by atoms with Gasteiger partial charge in [-0.2, -0.15) is 5.10 Å². The Morgan fingerprint density at radius 1 is 1.07 bits per heavy atom. The minimum Gasteiger partial charge on any atom is -0.352 e. The summed E-state index contributed by atoms with van der Waals surface area (Å²) in [4.78, 5) is 14.9. The van der Waals surface area contributed by atoms with Crippen LogP contribution in [0, 0.1) is 0 Å². The van der Waals surface area contributed by atoms with Crippen LogP contribution in [0.25, 0.3) is 22.5 Å². The van der Waals surface area contributed by atoms with Crippen LogP contribution in [0.2, 0.25) is 0 Å². The predicted molar refractivity (Wildman–Crippen MR) is 115 cm³/mol. The summed E-state index contributed by atoms with van der Waals surface area (Å²) in [6.07, 6.45) is 4.52. The van der Waals surface area contributed by atoms with Gasteiger partial charge in [-0.25, -0.2) is 0 Å². The fourth-order valence-corrected chi connectivity index (χ4v) is 4.50. The molecule has 0 bridgehead atoms. The Labute approximate surface area is 171 Å². The summed E-state index contributed by atoms with van der Waals surface area (Å²) in [6.45, 7) is 4.21. The van der Waals surface area contributed by atoms with Crippen LogP contribution in [-0.2, 0) is 6.42 Å². The quantitative estimate of drug-likeness (QED) is 0.495. The first-order valence-corrected chi connectivity index (χ1v) is 10.6. The molecular weight excluding hydrogens is 360 g/mol. The van der Waals surface area contributed by atoms with E-state index in [4.69, 9.17) is 0 Å². The molecule has 5 heteroatoms. The lowest BCUT2D eigenvalue weighted by atomic mass is 10.0. The highest BCUT2D eigenvalue weighted by molar-refractivity contribution is 5.94. The minimum atomic E-state index is -0.00219. The maximum absolute atomic E-state index is 12.4. The zero-order chi connectivity index (χ0) is 19.6. The normalized spacial score (nSPS) is 15.3. The highest BCUT2D eigenvalue weighted by Crippen LogP contribution is 2.39. The molecule has 2 N–H and O–H groups in total. The highest BCUT2D eigenvalue weighted by Gasteiger charge is 2.24. The van der Waals surface area contributed by atoms with E-state index in [1.807, 2.05) is 24.3 Å². The number of benzene rings is 2. The van der Waals surface area contributed by atoms with Crippen molar-refractivity contribution in [1.82, 2.24) is 20.4 Å². The number of H-pyrrole nitrogens is 1. The van der Waals surface area contributed by atoms with Gasteiger partial charge < -0.3 is 10.2 Å². The molecule has 1 amide bonds. The number of aromatic amines is 1. The summed E-state index contributed by atoms with van der Waals surface area (Å²) >= 11 is 0. The van der Waals surface area contributed by atoms with Crippen molar-refractivity contribution in [2.24, 2.45) is 0 Å². The molecule has 0 atom stereocenters. The Kier molecular flexibility index (Phi) is 4.90. The van der Waals surface area contributed by atoms with E-state index in [1.54, 1.807) is 0 Å². The molecule has 2 heterocycles. The molecule has 3 aromatic rings. The molecule has 5 rings (SSSR count). The number of aromatic nitrogens is 2. The maximum Gasteiger partial charge on any atom is 0.251 e. The van der Waals surface area contributed by atoms with Crippen LogP contribution < -0.4 is 5.32 Å². The first-order chi connectivity index (χ1) is 14.3. The summed E-state index contributed by atoms with van der Waals surface area (Å²) in [5, 5.41) is 10.8. The third-order valence-electron chi connectivity index (χ3n) is 6.08. The van der Waals surface area contributed by atoms with Gasteiger partial charge >= 0.3 is 0 Å². The molecule has 0 spiro atoms. The number of nitrogens with zero attached hydrogens (tertiary/aromatic N) is 2. The fourth-order valence-electron chi connectivity index (χ4n) is 4.50. The summed E-state index contributed by atoms with van der Waals surface area (Å²) < 4.78 is 0. The van der Waals surface area contributed by atoms with Gasteiger partial charge in [-0.15, -0.1) is 0 Å². The van der Waals surface area contributed by atoms with E-state index in [1.165, 1.54) is 42.6 Å². The SMILES string of the molecule is O=C(NCCCN1CCCC1)c1ccc(-c2n[nH]c3c2Cc2ccccc2-3)cc1. The van der Waals surface area contributed by atoms with Crippen LogP contribution in [0.3, 0.4) is 0 Å². The number of carbonyl (C=O) groups is 1. The largest absolute Gasteiger partial charge is 0.352 e. The Morgan fingerprint density at radius 2 is 1.86 bits per heavy atom. The lowest BCUT2D eigenvalue weighted by Crippen LogP contribution is -2.28. The van der Waals surface area contributed by atoms with E-state index >= 15 is 0 Å². The molecule has 0 saturated carbocycles. The van der Waals surface area contributed by atoms with E-state index < -0.39 is 0 Å². The van der Waals surface area contributed by atoms with E-state index in [0.717, 1.165) is 42.9 Å². The lowest BCUT2D eigenvalue weighted by molar-refractivity contribution is 0.0952. The number of rotatable bonds is 6. The molecule has 1 fully saturated rings. The van der Waals surface area contributed by atoms with Crippen LogP contribution in [0.5, 0.6) is 0 Å². The number of hydrogen-bond acceptors (Lipinski definition) is 3. The third-order valence-corrected chi connectivity index (χ3v) is 6.08. The van der Waals surface area contributed by atoms with Crippen molar-refractivity contribution in [3.05, 3.63) is 65.2 Å². The van der Waals surface area contributed by atoms with Crippen molar-refractivity contribution in [3.63, 3.8) is 0 Å². The molecule has 0 radical (unpaired) electrons. The van der Waals surface area contributed by atoms with Gasteiger partial charge in [-0.1, -0.05) is 36.4 Å². The van der Waals surface area contributed by atoms with E-state index in [2.05, 4.69) is 44.7 Å². The molecule has 1 aliphatic carbocycles. The van der Waals surface area contributed by atoms with Crippen molar-refractivity contribution < 1.29 is 4.79 Å². The monoisotopic (exact) mass is 386 g/mol. The zero-order valence-electron chi connectivity index (χ0n) is 16.6. The molecule has 1 aliphatic heterocycles. The molecule has 0 unspecified atom stereocenters. The van der Waals surface area contributed by atoms with Crippen LogP contribution in [0.15, 0.2) is 48.5 Å². The molecule has 1 aromatic heterocycles. The molecular formula is C24H26N4O. The van der Waals surface area contributed by atoms with Crippen LogP contribution in [0.1, 0.15) is 40.7 Å². The lowest BCUT2D eigenvalue weighted by Gasteiger charge is -2.14. The second kappa shape index (κ2) is 7.84. The molecule has 1 saturated heterocycles. The summed E-state index contributed by atoms with van der Waals surface area (Å²) in [7, 11) is 0. The van der Waals surface area contributed by atoms with Gasteiger partial charge in [0.05, 0.1) is 11.4 Å². The Bertz CT molecular complexity index is 1020. The van der Waals surface area contributed by atoms with Crippen molar-refractivity contribution in [2.45, 2.75) is 25.7 Å². The summed E-state index contributed by atoms with van der Waals surface area (Å²) in [6, 6.07) is 16.2. The van der Waals surface area contributed by atoms with Gasteiger partial charge in [0.2, 0.25) is 0 Å². The van der Waals surface area contributed by atoms with Crippen molar-refractivity contribution >= 4 is 5.91 Å². The predicted octanol–water partition coefficient (Wildman–Crippen LogP) is 3.86. The molecule has 5 nitrogen and oxygen atoms in total. The highest BCUT2D eigenvalue weighted by atomic mass is 16.1. The topological polar surface area (TPSA) is 61.0 Å². The number of carbonyl (C=O) groups excluding carboxylic acids is 1. The fraction of sp³-hybridized carbons (Fsp3) is 0.333. The van der Waals surface area contributed by atoms with Gasteiger partial charge in [-0.3, -0.25) is 9.89 Å². The smallest absolute Gasteiger partial charge is 0.251 e. The molecule has 148 valence electrons. The summed E-state index contributed by atoms with van der Waals surface area (Å²) in [5.41, 5.74) is 7.66. The van der Waals surface area contributed by atoms with E-state index in [9.17, 15) is 4.79 Å². The average Bonchev–Trinajstić information content (AvgIpc) is 3.48. The first-order valence-electron chi connectivity index (χ1n) is 10.6. The van der Waals surface area contributed by atoms with E-state index in [0.29, 0.717) is 5.56 Å². The van der Waals surface area contributed by atoms with Crippen LogP contribution in [0.4, 0.5) is 0 Å². The second-order valence-corrected chi connectivity index (χ2v) is 8.00. The average molecular weight is 386 g/mol. The zero-order valence-corrected chi connectivity index (χ0v) is 16.6. The third kappa shape index (κ3) is 3.58. The van der Waals surface area contributed by atoms with Gasteiger partial charge in [0.15, 0.2) is 0 Å². The first kappa shape index (κ1) is 18.1. The molecule has 2 aromatic carbocycles. The number of likely N-dealkylation sites (tertiary alicyclic amines) is 1. The van der Waals surface area contributed by atoms with Crippen molar-refractivity contribution in [1.29, 1.82) is 0 Å². The van der Waals surface area contributed by atoms with Crippen molar-refractivity contribution in [3.8, 4) is 22.5 Å². The standard InChI is InChI=1S/C24H26N4O/c29-24(25-12-5-15-28-13-3-4-14-28)18-10-8-17(9-11-18)22-21-16-19-6-1-2-7-20(19)23(21)27-26-22/h1-2,6-11H,3-5,12-16H2,(H,25,29)(H,26,27). The van der Waals surface area contributed by atoms with Crippen molar-refractivity contribution in [2.75, 3.05) is 26.2 Å².